The van der Waals surface area contributed by atoms with Gasteiger partial charge in [0.1, 0.15) is 5.60 Å². The first-order valence-corrected chi connectivity index (χ1v) is 11.3. The average Bonchev–Trinajstić information content (AvgIpc) is 2.75. The lowest BCUT2D eigenvalue weighted by atomic mass is 9.93. The van der Waals surface area contributed by atoms with Gasteiger partial charge in [0.05, 0.1) is 12.1 Å². The molecular weight excluding hydrogens is 521 g/mol. The number of ether oxygens (including phenoxy) is 1. The van der Waals surface area contributed by atoms with E-state index < -0.39 is 17.2 Å². The summed E-state index contributed by atoms with van der Waals surface area (Å²) in [6.45, 7) is 16.4. The Bertz CT molecular complexity index is 713. The van der Waals surface area contributed by atoms with Crippen molar-refractivity contribution in [2.24, 2.45) is 4.99 Å². The van der Waals surface area contributed by atoms with Crippen LogP contribution in [0, 0.1) is 0 Å². The second-order valence-electron chi connectivity index (χ2n) is 8.81. The van der Waals surface area contributed by atoms with Crippen molar-refractivity contribution in [2.75, 3.05) is 44.2 Å². The molecule has 0 unspecified atom stereocenters. The second kappa shape index (κ2) is 13.0. The first-order valence-electron chi connectivity index (χ1n) is 11.3. The maximum absolute atomic E-state index is 12.4. The number of aliphatic imine (C=N–C) groups is 1. The van der Waals surface area contributed by atoms with Gasteiger partial charge in [-0.1, -0.05) is 13.8 Å². The predicted octanol–water partition coefficient (Wildman–Crippen LogP) is 3.27. The van der Waals surface area contributed by atoms with Gasteiger partial charge >= 0.3 is 6.09 Å². The van der Waals surface area contributed by atoms with Gasteiger partial charge in [-0.05, 0) is 46.6 Å². The molecule has 0 saturated carbocycles. The van der Waals surface area contributed by atoms with Crippen LogP contribution in [0.15, 0.2) is 23.5 Å². The van der Waals surface area contributed by atoms with Gasteiger partial charge in [-0.2, -0.15) is 0 Å². The van der Waals surface area contributed by atoms with Gasteiger partial charge in [-0.3, -0.25) is 4.99 Å². The van der Waals surface area contributed by atoms with Crippen LogP contribution in [0.4, 0.5) is 10.7 Å². The Morgan fingerprint density at radius 1 is 1.09 bits per heavy atom. The summed E-state index contributed by atoms with van der Waals surface area (Å²) in [5.74, 6) is 1.63. The van der Waals surface area contributed by atoms with E-state index in [0.717, 1.165) is 57.5 Å². The molecule has 0 radical (unpaired) electrons. The number of anilines is 1. The largest absolute Gasteiger partial charge is 0.444 e. The summed E-state index contributed by atoms with van der Waals surface area (Å²) in [6.07, 6.45) is 4.68. The second-order valence-corrected chi connectivity index (χ2v) is 8.81. The van der Waals surface area contributed by atoms with Crippen LogP contribution in [-0.2, 0) is 4.74 Å². The summed E-state index contributed by atoms with van der Waals surface area (Å²) in [5, 5.41) is 6.48. The molecule has 10 heteroatoms. The highest BCUT2D eigenvalue weighted by molar-refractivity contribution is 14.0. The molecule has 1 fully saturated rings. The molecule has 0 spiro atoms. The maximum atomic E-state index is 12.4. The predicted molar refractivity (Wildman–Crippen MR) is 140 cm³/mol. The van der Waals surface area contributed by atoms with Gasteiger partial charge in [0.2, 0.25) is 5.95 Å². The molecular formula is C22H40IN7O2. The third-order valence-corrected chi connectivity index (χ3v) is 5.40. The quantitative estimate of drug-likeness (QED) is 0.300. The summed E-state index contributed by atoms with van der Waals surface area (Å²) >= 11 is 0. The fourth-order valence-electron chi connectivity index (χ4n) is 3.43. The maximum Gasteiger partial charge on any atom is 0.408 e. The van der Waals surface area contributed by atoms with Crippen molar-refractivity contribution in [1.29, 1.82) is 0 Å². The van der Waals surface area contributed by atoms with E-state index in [0.29, 0.717) is 6.54 Å². The Balaban J connectivity index is 0.00000512. The van der Waals surface area contributed by atoms with Crippen LogP contribution >= 0.6 is 24.0 Å². The minimum Gasteiger partial charge on any atom is -0.444 e. The number of rotatable bonds is 7. The molecule has 1 aliphatic rings. The Morgan fingerprint density at radius 3 is 2.19 bits per heavy atom. The van der Waals surface area contributed by atoms with Gasteiger partial charge in [0, 0.05) is 45.1 Å². The SMILES string of the molecule is CCNC(=NCC(CC)(CC)NC(=O)OC(C)(C)C)N1CCN(c2ncccn2)CC1.I. The van der Waals surface area contributed by atoms with E-state index in [1.165, 1.54) is 0 Å². The molecule has 0 atom stereocenters. The van der Waals surface area contributed by atoms with Crippen LogP contribution < -0.4 is 15.5 Å². The molecule has 1 saturated heterocycles. The minimum atomic E-state index is -0.530. The smallest absolute Gasteiger partial charge is 0.408 e. The van der Waals surface area contributed by atoms with Crippen LogP contribution in [0.3, 0.4) is 0 Å². The van der Waals surface area contributed by atoms with Gasteiger partial charge in [-0.25, -0.2) is 14.8 Å². The lowest BCUT2D eigenvalue weighted by Crippen LogP contribution is -2.55. The molecule has 32 heavy (non-hydrogen) atoms. The van der Waals surface area contributed by atoms with Gasteiger partial charge in [-0.15, -0.1) is 24.0 Å². The zero-order valence-corrected chi connectivity index (χ0v) is 22.7. The standard InChI is InChI=1S/C22H39N7O2.HI/c1-7-22(8-2,27-20(30)31-21(4,5)6)17-26-18(23-9-3)28-13-15-29(16-14-28)19-24-11-10-12-25-19;/h10-12H,7-9,13-17H2,1-6H3,(H,23,26)(H,27,30);1H. The number of nitrogens with zero attached hydrogens (tertiary/aromatic N) is 5. The first kappa shape index (κ1) is 28.2. The number of hydrogen-bond acceptors (Lipinski definition) is 6. The van der Waals surface area contributed by atoms with E-state index in [2.05, 4.69) is 51.2 Å². The van der Waals surface area contributed by atoms with Crippen molar-refractivity contribution < 1.29 is 9.53 Å². The normalized spacial score (nSPS) is 15.1. The number of amides is 1. The molecule has 2 N–H and O–H groups in total. The van der Waals surface area contributed by atoms with E-state index >= 15 is 0 Å². The molecule has 1 amide bonds. The van der Waals surface area contributed by atoms with Crippen molar-refractivity contribution in [3.8, 4) is 0 Å². The number of halogens is 1. The number of hydrogen-bond donors (Lipinski definition) is 2. The van der Waals surface area contributed by atoms with Gasteiger partial charge in [0.25, 0.3) is 0 Å². The third-order valence-electron chi connectivity index (χ3n) is 5.40. The van der Waals surface area contributed by atoms with E-state index in [4.69, 9.17) is 9.73 Å². The van der Waals surface area contributed by atoms with Crippen molar-refractivity contribution in [3.63, 3.8) is 0 Å². The molecule has 1 aliphatic heterocycles. The van der Waals surface area contributed by atoms with Gasteiger partial charge < -0.3 is 25.2 Å². The van der Waals surface area contributed by atoms with Crippen molar-refractivity contribution in [3.05, 3.63) is 18.5 Å². The number of carbonyl (C=O) groups excluding carboxylic acids is 1. The number of guanidine groups is 1. The summed E-state index contributed by atoms with van der Waals surface area (Å²) in [5.41, 5.74) is -0.972. The summed E-state index contributed by atoms with van der Waals surface area (Å²) < 4.78 is 5.48. The number of alkyl carbamates (subject to hydrolysis) is 1. The molecule has 2 rings (SSSR count). The molecule has 0 aromatic carbocycles. The molecule has 0 aliphatic carbocycles. The highest BCUT2D eigenvalue weighted by Crippen LogP contribution is 2.18. The Labute approximate surface area is 209 Å². The Hall–Kier alpha value is -1.85. The lowest BCUT2D eigenvalue weighted by molar-refractivity contribution is 0.0451. The van der Waals surface area contributed by atoms with Crippen LogP contribution in [0.25, 0.3) is 0 Å². The van der Waals surface area contributed by atoms with Crippen molar-refractivity contribution >= 4 is 42.0 Å². The van der Waals surface area contributed by atoms with Crippen LogP contribution in [-0.4, -0.2) is 77.3 Å². The van der Waals surface area contributed by atoms with Crippen molar-refractivity contribution in [1.82, 2.24) is 25.5 Å². The third kappa shape index (κ3) is 8.59. The topological polar surface area (TPSA) is 95.0 Å². The number of aromatic nitrogens is 2. The molecule has 182 valence electrons. The fourth-order valence-corrected chi connectivity index (χ4v) is 3.43. The van der Waals surface area contributed by atoms with E-state index in [1.54, 1.807) is 12.4 Å². The molecule has 1 aromatic heterocycles. The van der Waals surface area contributed by atoms with Crippen molar-refractivity contribution in [2.45, 2.75) is 65.5 Å². The lowest BCUT2D eigenvalue weighted by Gasteiger charge is -2.37. The Morgan fingerprint density at radius 2 is 1.69 bits per heavy atom. The molecule has 9 nitrogen and oxygen atoms in total. The zero-order valence-electron chi connectivity index (χ0n) is 20.3. The van der Waals surface area contributed by atoms with E-state index in [9.17, 15) is 4.79 Å². The van der Waals surface area contributed by atoms with E-state index in [1.807, 2.05) is 26.8 Å². The van der Waals surface area contributed by atoms with E-state index in [-0.39, 0.29) is 24.0 Å². The highest BCUT2D eigenvalue weighted by atomic mass is 127. The molecule has 0 bridgehead atoms. The van der Waals surface area contributed by atoms with Gasteiger partial charge in [0.15, 0.2) is 5.96 Å². The monoisotopic (exact) mass is 561 g/mol. The Kier molecular flexibility index (Phi) is 11.5. The number of nitrogens with one attached hydrogen (secondary N) is 2. The van der Waals surface area contributed by atoms with Crippen LogP contribution in [0.2, 0.25) is 0 Å². The van der Waals surface area contributed by atoms with Crippen LogP contribution in [0.5, 0.6) is 0 Å². The summed E-state index contributed by atoms with van der Waals surface area (Å²) in [6, 6.07) is 1.83. The molecule has 1 aromatic rings. The average molecular weight is 562 g/mol. The summed E-state index contributed by atoms with van der Waals surface area (Å²) in [4.78, 5) is 30.5. The summed E-state index contributed by atoms with van der Waals surface area (Å²) in [7, 11) is 0. The highest BCUT2D eigenvalue weighted by Gasteiger charge is 2.31. The first-order chi connectivity index (χ1) is 14.7. The fraction of sp³-hybridized carbons (Fsp3) is 0.727. The van der Waals surface area contributed by atoms with Crippen LogP contribution in [0.1, 0.15) is 54.4 Å². The number of piperazine rings is 1. The molecule has 2 heterocycles. The number of carbonyl (C=O) groups is 1. The minimum absolute atomic E-state index is 0. The zero-order chi connectivity index (χ0) is 22.9.